The third kappa shape index (κ3) is 13.8. The Kier molecular flexibility index (Phi) is 20.0. The van der Waals surface area contributed by atoms with Gasteiger partial charge in [0.15, 0.2) is 5.78 Å². The predicted molar refractivity (Wildman–Crippen MR) is 189 cm³/mol. The molecule has 0 aliphatic heterocycles. The van der Waals surface area contributed by atoms with Crippen LogP contribution < -0.4 is 5.73 Å². The molecule has 0 aliphatic rings. The number of nitrogens with two attached hydrogens (primary N) is 1. The van der Waals surface area contributed by atoms with Crippen LogP contribution >= 0.6 is 46.4 Å². The van der Waals surface area contributed by atoms with Gasteiger partial charge in [-0.25, -0.2) is 23.2 Å². The largest absolute Gasteiger partial charge is 0.478 e. The number of ketones is 1. The molecule has 0 fully saturated rings. The topological polar surface area (TPSA) is 133 Å². The third-order valence-electron chi connectivity index (χ3n) is 6.09. The quantitative estimate of drug-likeness (QED) is 0.134. The lowest BCUT2D eigenvalue weighted by Gasteiger charge is -2.08. The number of Topliss-reactive ketones (excluding diaryl/α,β-unsaturated/α-hetero) is 1. The van der Waals surface area contributed by atoms with Crippen LogP contribution in [0, 0.1) is 11.6 Å². The van der Waals surface area contributed by atoms with Crippen molar-refractivity contribution in [2.24, 2.45) is 5.73 Å². The normalized spacial score (nSPS) is 9.65. The lowest BCUT2D eigenvalue weighted by molar-refractivity contribution is 0.0592. The maximum absolute atomic E-state index is 13.1. The molecule has 4 aromatic carbocycles. The molecule has 0 bridgehead atoms. The zero-order valence-corrected chi connectivity index (χ0v) is 27.8. The maximum Gasteiger partial charge on any atom is 0.340 e. The van der Waals surface area contributed by atoms with Crippen molar-refractivity contribution < 1.29 is 42.5 Å². The first-order valence-electron chi connectivity index (χ1n) is 13.3. The van der Waals surface area contributed by atoms with Crippen molar-refractivity contribution >= 4 is 70.1 Å². The van der Waals surface area contributed by atoms with Crippen LogP contribution in [0.1, 0.15) is 73.8 Å². The van der Waals surface area contributed by atoms with Crippen molar-refractivity contribution in [2.45, 2.75) is 34.2 Å². The number of carboxylic acid groups (broad SMARTS) is 1. The number of aryl methyl sites for hydroxylation is 1. The van der Waals surface area contributed by atoms with Gasteiger partial charge in [0.25, 0.3) is 0 Å². The number of carboxylic acids is 1. The molecule has 3 N–H and O–H groups in total. The van der Waals surface area contributed by atoms with E-state index in [1.807, 2.05) is 0 Å². The minimum atomic E-state index is -1.17. The smallest absolute Gasteiger partial charge is 0.340 e. The van der Waals surface area contributed by atoms with E-state index < -0.39 is 17.9 Å². The summed E-state index contributed by atoms with van der Waals surface area (Å²) in [6.07, 6.45) is 0.568. The number of carbonyl (C=O) groups is 4. The number of carbonyl (C=O) groups excluding carboxylic acids is 3. The zero-order valence-electron chi connectivity index (χ0n) is 24.8. The Hall–Kier alpha value is -4.06. The molecule has 0 amide bonds. The molecule has 0 atom stereocenters. The molecule has 4 rings (SSSR count). The summed E-state index contributed by atoms with van der Waals surface area (Å²) in [7, 11) is 2.40. The first-order valence-corrected chi connectivity index (χ1v) is 14.8. The van der Waals surface area contributed by atoms with Crippen LogP contribution in [0.5, 0.6) is 0 Å². The van der Waals surface area contributed by atoms with Crippen molar-refractivity contribution in [1.29, 1.82) is 0 Å². The number of halogens is 6. The van der Waals surface area contributed by atoms with Gasteiger partial charge in [0, 0.05) is 18.5 Å². The summed E-state index contributed by atoms with van der Waals surface area (Å²) in [4.78, 5) is 45.6. The molecular weight excluding hydrogens is 726 g/mol. The first-order chi connectivity index (χ1) is 22.2. The van der Waals surface area contributed by atoms with E-state index in [-0.39, 0.29) is 75.5 Å². The van der Waals surface area contributed by atoms with E-state index in [1.165, 1.54) is 50.6 Å². The van der Waals surface area contributed by atoms with E-state index in [4.69, 9.17) is 57.2 Å². The SMILES string of the molecule is C.C.COC(=O)c1c(Cl)cc(C(=O)CCc2cccc(F)c2)cc1Cl.COC(=O)c1c(Cl)cc(C(=O)O)cc1Cl.NCc1cccc(F)c1. The van der Waals surface area contributed by atoms with Gasteiger partial charge < -0.3 is 20.3 Å². The Balaban J connectivity index is 0.000000763. The molecule has 4 aromatic rings. The van der Waals surface area contributed by atoms with E-state index in [0.717, 1.165) is 23.3 Å². The Bertz CT molecular complexity index is 1720. The number of methoxy groups -OCH3 is 2. The summed E-state index contributed by atoms with van der Waals surface area (Å²) in [5.41, 5.74) is 7.00. The summed E-state index contributed by atoms with van der Waals surface area (Å²) in [6, 6.07) is 17.4. The van der Waals surface area contributed by atoms with Gasteiger partial charge >= 0.3 is 17.9 Å². The van der Waals surface area contributed by atoms with Gasteiger partial charge in [-0.1, -0.05) is 85.5 Å². The fourth-order valence-corrected chi connectivity index (χ4v) is 5.07. The minimum Gasteiger partial charge on any atom is -0.478 e. The highest BCUT2D eigenvalue weighted by Crippen LogP contribution is 2.29. The van der Waals surface area contributed by atoms with Gasteiger partial charge in [-0.15, -0.1) is 0 Å². The van der Waals surface area contributed by atoms with Crippen molar-refractivity contribution in [3.63, 3.8) is 0 Å². The average molecular weight is 761 g/mol. The second kappa shape index (κ2) is 21.8. The molecule has 0 aliphatic carbocycles. The Morgan fingerprint density at radius 2 is 1.06 bits per heavy atom. The highest BCUT2D eigenvalue weighted by atomic mass is 35.5. The van der Waals surface area contributed by atoms with Crippen molar-refractivity contribution in [3.8, 4) is 0 Å². The molecule has 0 spiro atoms. The molecule has 0 aromatic heterocycles. The molecule has 8 nitrogen and oxygen atoms in total. The van der Waals surface area contributed by atoms with Crippen LogP contribution in [0.4, 0.5) is 8.78 Å². The van der Waals surface area contributed by atoms with Crippen molar-refractivity contribution in [1.82, 2.24) is 0 Å². The maximum atomic E-state index is 13.1. The average Bonchev–Trinajstić information content (AvgIpc) is 3.03. The second-order valence-corrected chi connectivity index (χ2v) is 10.9. The van der Waals surface area contributed by atoms with Crippen LogP contribution in [-0.4, -0.2) is 43.0 Å². The number of hydrogen-bond donors (Lipinski definition) is 2. The van der Waals surface area contributed by atoms with Crippen LogP contribution in [0.2, 0.25) is 20.1 Å². The molecule has 0 heterocycles. The van der Waals surface area contributed by atoms with E-state index in [2.05, 4.69) is 9.47 Å². The molecular formula is C35H35Cl4F2NO7. The summed E-state index contributed by atoms with van der Waals surface area (Å²) in [6.45, 7) is 0.401. The van der Waals surface area contributed by atoms with Gasteiger partial charge in [-0.3, -0.25) is 4.79 Å². The van der Waals surface area contributed by atoms with Crippen LogP contribution in [0.25, 0.3) is 0 Å². The van der Waals surface area contributed by atoms with E-state index in [0.29, 0.717) is 18.5 Å². The standard InChI is InChI=1S/C17H13Cl2FO3.C9H6Cl2O4.C7H8FN.2CH4/c1-23-17(22)16-13(18)8-11(9-14(16)19)15(21)6-5-10-3-2-4-12(20)7-10;1-15-9(14)7-5(10)2-4(8(12)13)3-6(7)11;8-7-3-1-2-6(4-7)5-9;;/h2-4,7-9H,5-6H2,1H3;2-3H,1H3,(H,12,13);1-4H,5,9H2;2*1H4. The molecule has 49 heavy (non-hydrogen) atoms. The number of ether oxygens (including phenoxy) is 2. The number of aromatic carboxylic acids is 1. The highest BCUT2D eigenvalue weighted by Gasteiger charge is 2.20. The number of esters is 2. The zero-order chi connectivity index (χ0) is 35.3. The third-order valence-corrected chi connectivity index (χ3v) is 7.28. The lowest BCUT2D eigenvalue weighted by Crippen LogP contribution is -2.07. The summed E-state index contributed by atoms with van der Waals surface area (Å²) in [5.74, 6) is -3.31. The first kappa shape index (κ1) is 44.9. The summed E-state index contributed by atoms with van der Waals surface area (Å²) < 4.78 is 34.4. The second-order valence-electron chi connectivity index (χ2n) is 9.31. The number of rotatable bonds is 8. The monoisotopic (exact) mass is 759 g/mol. The van der Waals surface area contributed by atoms with E-state index in [1.54, 1.807) is 24.3 Å². The van der Waals surface area contributed by atoms with Gasteiger partial charge in [0.2, 0.25) is 0 Å². The van der Waals surface area contributed by atoms with Gasteiger partial charge in [0.05, 0.1) is 51.0 Å². The Morgan fingerprint density at radius 3 is 1.41 bits per heavy atom. The summed E-state index contributed by atoms with van der Waals surface area (Å²) >= 11 is 23.4. The van der Waals surface area contributed by atoms with Crippen molar-refractivity contribution in [2.75, 3.05) is 14.2 Å². The van der Waals surface area contributed by atoms with Crippen molar-refractivity contribution in [3.05, 3.63) is 138 Å². The highest BCUT2D eigenvalue weighted by molar-refractivity contribution is 6.40. The minimum absolute atomic E-state index is 0. The predicted octanol–water partition coefficient (Wildman–Crippen LogP) is 9.77. The van der Waals surface area contributed by atoms with Gasteiger partial charge in [-0.05, 0) is 66.1 Å². The van der Waals surface area contributed by atoms with Crippen LogP contribution in [0.15, 0.2) is 72.8 Å². The molecule has 14 heteroatoms. The van der Waals surface area contributed by atoms with Gasteiger partial charge in [-0.2, -0.15) is 0 Å². The van der Waals surface area contributed by atoms with E-state index >= 15 is 0 Å². The van der Waals surface area contributed by atoms with E-state index in [9.17, 15) is 28.0 Å². The lowest BCUT2D eigenvalue weighted by atomic mass is 10.0. The fraction of sp³-hybridized carbons (Fsp3) is 0.200. The van der Waals surface area contributed by atoms with Gasteiger partial charge in [0.1, 0.15) is 11.6 Å². The molecule has 0 saturated carbocycles. The molecule has 0 saturated heterocycles. The Labute approximate surface area is 303 Å². The fourth-order valence-electron chi connectivity index (χ4n) is 3.78. The molecule has 0 radical (unpaired) electrons. The van der Waals surface area contributed by atoms with Crippen LogP contribution in [0.3, 0.4) is 0 Å². The summed E-state index contributed by atoms with van der Waals surface area (Å²) in [5, 5.41) is 8.70. The number of hydrogen-bond acceptors (Lipinski definition) is 7. The molecule has 264 valence electrons. The Morgan fingerprint density at radius 1 is 0.673 bits per heavy atom. The van der Waals surface area contributed by atoms with Crippen LogP contribution in [-0.2, 0) is 22.4 Å². The number of benzene rings is 4. The molecule has 0 unspecified atom stereocenters.